The van der Waals surface area contributed by atoms with E-state index < -0.39 is 11.9 Å². The molecule has 1 aromatic rings. The lowest BCUT2D eigenvalue weighted by atomic mass is 9.98. The third-order valence-electron chi connectivity index (χ3n) is 2.13. The van der Waals surface area contributed by atoms with Crippen LogP contribution in [0.4, 0.5) is 0 Å². The molecule has 3 nitrogen and oxygen atoms in total. The minimum Gasteiger partial charge on any atom is -0.481 e. The fraction of sp³-hybridized carbons (Fsp3) is 0.300. The molecule has 76 valence electrons. The van der Waals surface area contributed by atoms with Gasteiger partial charge >= 0.3 is 5.97 Å². The molecule has 3 N–H and O–H groups in total. The van der Waals surface area contributed by atoms with Crippen LogP contribution in [0.25, 0.3) is 0 Å². The van der Waals surface area contributed by atoms with Gasteiger partial charge in [-0.1, -0.05) is 34.1 Å². The molecule has 1 aromatic carbocycles. The van der Waals surface area contributed by atoms with Crippen LogP contribution < -0.4 is 5.73 Å². The molecule has 1 rings (SSSR count). The van der Waals surface area contributed by atoms with Gasteiger partial charge in [-0.25, -0.2) is 0 Å². The summed E-state index contributed by atoms with van der Waals surface area (Å²) >= 11 is 3.37. The molecule has 0 aliphatic carbocycles. The van der Waals surface area contributed by atoms with Crippen molar-refractivity contribution in [1.29, 1.82) is 0 Å². The maximum atomic E-state index is 10.9. The van der Waals surface area contributed by atoms with Crippen molar-refractivity contribution in [3.63, 3.8) is 0 Å². The van der Waals surface area contributed by atoms with E-state index in [0.717, 1.165) is 15.6 Å². The zero-order valence-corrected chi connectivity index (χ0v) is 9.41. The summed E-state index contributed by atoms with van der Waals surface area (Å²) in [5.41, 5.74) is 7.18. The van der Waals surface area contributed by atoms with Gasteiger partial charge in [0.2, 0.25) is 0 Å². The second-order valence-corrected chi connectivity index (χ2v) is 3.90. The first-order valence-electron chi connectivity index (χ1n) is 4.25. The van der Waals surface area contributed by atoms with Gasteiger partial charge in [0.15, 0.2) is 0 Å². The summed E-state index contributed by atoms with van der Waals surface area (Å²) in [6.07, 6.45) is 0. The van der Waals surface area contributed by atoms with Gasteiger partial charge in [0, 0.05) is 11.0 Å². The Labute approximate surface area is 91.1 Å². The molecular weight excluding hydrogens is 246 g/mol. The molecule has 4 heteroatoms. The molecule has 0 amide bonds. The predicted octanol–water partition coefficient (Wildman–Crippen LogP) is 1.88. The fourth-order valence-electron chi connectivity index (χ4n) is 1.30. The number of nitrogens with two attached hydrogens (primary N) is 1. The standard InChI is InChI=1S/C10H12BrNO2/c1-6-3-2-4-7(9(6)11)8(5-12)10(13)14/h2-4,8H,5,12H2,1H3,(H,13,14). The molecule has 0 aromatic heterocycles. The van der Waals surface area contributed by atoms with Gasteiger partial charge in [-0.05, 0) is 18.1 Å². The van der Waals surface area contributed by atoms with Crippen LogP contribution in [0.3, 0.4) is 0 Å². The molecule has 0 saturated heterocycles. The summed E-state index contributed by atoms with van der Waals surface area (Å²) in [7, 11) is 0. The lowest BCUT2D eigenvalue weighted by Crippen LogP contribution is -2.21. The quantitative estimate of drug-likeness (QED) is 0.870. The Morgan fingerprint density at radius 1 is 1.64 bits per heavy atom. The number of carbonyl (C=O) groups is 1. The summed E-state index contributed by atoms with van der Waals surface area (Å²) in [4.78, 5) is 10.9. The van der Waals surface area contributed by atoms with E-state index >= 15 is 0 Å². The number of halogens is 1. The predicted molar refractivity (Wildman–Crippen MR) is 58.3 cm³/mol. The molecule has 0 radical (unpaired) electrons. The molecule has 0 bridgehead atoms. The van der Waals surface area contributed by atoms with E-state index in [2.05, 4.69) is 15.9 Å². The normalized spacial score (nSPS) is 12.5. The van der Waals surface area contributed by atoms with Gasteiger partial charge < -0.3 is 10.8 Å². The number of hydrogen-bond donors (Lipinski definition) is 2. The molecular formula is C10H12BrNO2. The van der Waals surface area contributed by atoms with Crippen molar-refractivity contribution < 1.29 is 9.90 Å². The highest BCUT2D eigenvalue weighted by Gasteiger charge is 2.20. The molecule has 14 heavy (non-hydrogen) atoms. The van der Waals surface area contributed by atoms with Crippen LogP contribution in [-0.4, -0.2) is 17.6 Å². The highest BCUT2D eigenvalue weighted by atomic mass is 79.9. The lowest BCUT2D eigenvalue weighted by molar-refractivity contribution is -0.138. The van der Waals surface area contributed by atoms with Crippen molar-refractivity contribution in [2.45, 2.75) is 12.8 Å². The third-order valence-corrected chi connectivity index (χ3v) is 3.21. The molecule has 1 unspecified atom stereocenters. The summed E-state index contributed by atoms with van der Waals surface area (Å²) in [6, 6.07) is 5.53. The van der Waals surface area contributed by atoms with E-state index in [1.165, 1.54) is 0 Å². The topological polar surface area (TPSA) is 63.3 Å². The molecule has 0 heterocycles. The number of hydrogen-bond acceptors (Lipinski definition) is 2. The van der Waals surface area contributed by atoms with Crippen LogP contribution in [0.15, 0.2) is 22.7 Å². The molecule has 0 aliphatic rings. The van der Waals surface area contributed by atoms with Crippen molar-refractivity contribution in [2.24, 2.45) is 5.73 Å². The molecule has 0 aliphatic heterocycles. The second kappa shape index (κ2) is 4.57. The summed E-state index contributed by atoms with van der Waals surface area (Å²) in [5, 5.41) is 8.94. The van der Waals surface area contributed by atoms with E-state index in [1.54, 1.807) is 6.07 Å². The van der Waals surface area contributed by atoms with Crippen LogP contribution in [0.5, 0.6) is 0 Å². The highest BCUT2D eigenvalue weighted by molar-refractivity contribution is 9.10. The minimum absolute atomic E-state index is 0.109. The number of rotatable bonds is 3. The van der Waals surface area contributed by atoms with E-state index in [-0.39, 0.29) is 6.54 Å². The number of benzene rings is 1. The largest absolute Gasteiger partial charge is 0.481 e. The SMILES string of the molecule is Cc1cccc(C(CN)C(=O)O)c1Br. The van der Waals surface area contributed by atoms with E-state index in [1.807, 2.05) is 19.1 Å². The molecule has 1 atom stereocenters. The van der Waals surface area contributed by atoms with E-state index in [4.69, 9.17) is 10.8 Å². The number of carboxylic acid groups (broad SMARTS) is 1. The maximum absolute atomic E-state index is 10.9. The Balaban J connectivity index is 3.16. The van der Waals surface area contributed by atoms with Crippen LogP contribution in [-0.2, 0) is 4.79 Å². The van der Waals surface area contributed by atoms with Crippen LogP contribution >= 0.6 is 15.9 Å². The van der Waals surface area contributed by atoms with Crippen molar-refractivity contribution in [1.82, 2.24) is 0 Å². The molecule has 0 saturated carbocycles. The first kappa shape index (κ1) is 11.2. The first-order valence-corrected chi connectivity index (χ1v) is 5.05. The van der Waals surface area contributed by atoms with Crippen LogP contribution in [0.1, 0.15) is 17.0 Å². The first-order chi connectivity index (χ1) is 6.57. The number of aryl methyl sites for hydroxylation is 1. The monoisotopic (exact) mass is 257 g/mol. The Hall–Kier alpha value is -0.870. The summed E-state index contributed by atoms with van der Waals surface area (Å²) < 4.78 is 0.831. The van der Waals surface area contributed by atoms with Crippen molar-refractivity contribution in [3.8, 4) is 0 Å². The highest BCUT2D eigenvalue weighted by Crippen LogP contribution is 2.27. The van der Waals surface area contributed by atoms with Gasteiger partial charge in [0.05, 0.1) is 5.92 Å². The Morgan fingerprint density at radius 2 is 2.29 bits per heavy atom. The third kappa shape index (κ3) is 2.13. The van der Waals surface area contributed by atoms with Gasteiger partial charge in [0.25, 0.3) is 0 Å². The van der Waals surface area contributed by atoms with E-state index in [9.17, 15) is 4.79 Å². The molecule has 0 spiro atoms. The second-order valence-electron chi connectivity index (χ2n) is 3.10. The van der Waals surface area contributed by atoms with Gasteiger partial charge in [-0.15, -0.1) is 0 Å². The zero-order chi connectivity index (χ0) is 10.7. The lowest BCUT2D eigenvalue weighted by Gasteiger charge is -2.13. The smallest absolute Gasteiger partial charge is 0.312 e. The van der Waals surface area contributed by atoms with Crippen LogP contribution in [0, 0.1) is 6.92 Å². The summed E-state index contributed by atoms with van der Waals surface area (Å²) in [5.74, 6) is -1.52. The minimum atomic E-state index is -0.890. The Kier molecular flexibility index (Phi) is 3.66. The van der Waals surface area contributed by atoms with Crippen molar-refractivity contribution >= 4 is 21.9 Å². The van der Waals surface area contributed by atoms with Gasteiger partial charge in [-0.2, -0.15) is 0 Å². The average Bonchev–Trinajstić information content (AvgIpc) is 2.13. The Morgan fingerprint density at radius 3 is 2.79 bits per heavy atom. The van der Waals surface area contributed by atoms with Gasteiger partial charge in [-0.3, -0.25) is 4.79 Å². The fourth-order valence-corrected chi connectivity index (χ4v) is 1.84. The van der Waals surface area contributed by atoms with Crippen molar-refractivity contribution in [3.05, 3.63) is 33.8 Å². The number of aliphatic carboxylic acids is 1. The average molecular weight is 258 g/mol. The zero-order valence-electron chi connectivity index (χ0n) is 7.83. The Bertz CT molecular complexity index is 352. The summed E-state index contributed by atoms with van der Waals surface area (Å²) in [6.45, 7) is 2.03. The maximum Gasteiger partial charge on any atom is 0.312 e. The van der Waals surface area contributed by atoms with Crippen LogP contribution in [0.2, 0.25) is 0 Å². The van der Waals surface area contributed by atoms with Crippen molar-refractivity contribution in [2.75, 3.05) is 6.54 Å². The van der Waals surface area contributed by atoms with Gasteiger partial charge in [0.1, 0.15) is 0 Å². The number of carboxylic acids is 1. The molecule has 0 fully saturated rings. The van der Waals surface area contributed by atoms with E-state index in [0.29, 0.717) is 0 Å².